The topological polar surface area (TPSA) is 35.5 Å². The molecule has 1 fully saturated rings. The first-order valence-corrected chi connectivity index (χ1v) is 22.9. The summed E-state index contributed by atoms with van der Waals surface area (Å²) in [6, 6.07) is 16.1. The van der Waals surface area contributed by atoms with Gasteiger partial charge in [0.25, 0.3) is 0 Å². The zero-order valence-corrected chi connectivity index (χ0v) is 34.6. The van der Waals surface area contributed by atoms with E-state index in [2.05, 4.69) is 80.6 Å². The molecule has 3 nitrogen and oxygen atoms in total. The highest BCUT2D eigenvalue weighted by Crippen LogP contribution is 2.57. The van der Waals surface area contributed by atoms with Crippen molar-refractivity contribution in [3.63, 3.8) is 0 Å². The number of benzene rings is 4. The van der Waals surface area contributed by atoms with E-state index in [9.17, 15) is 4.79 Å². The van der Waals surface area contributed by atoms with Crippen molar-refractivity contribution >= 4 is 39.2 Å². The minimum Gasteiger partial charge on any atom is -0.493 e. The van der Waals surface area contributed by atoms with Gasteiger partial charge in [0, 0.05) is 28.2 Å². The number of fused-ring (bicyclic) bond motifs is 6. The Bertz CT molecular complexity index is 2330. The molecule has 3 unspecified atom stereocenters. The van der Waals surface area contributed by atoms with Crippen molar-refractivity contribution in [3.05, 3.63) is 111 Å². The SMILES string of the molecule is CCCCCCCCCCOC1=CC2C3C(=O)C=CC=C3CC3=CC=c4c(c1c1c(OCCCCCCCCCC)cc5c6c(ccc4c61)Cc1ccccc1-5)C32. The monoisotopic (exact) mass is 758 g/mol. The van der Waals surface area contributed by atoms with Crippen LogP contribution in [-0.4, -0.2) is 19.0 Å². The van der Waals surface area contributed by atoms with Crippen molar-refractivity contribution in [2.24, 2.45) is 11.8 Å². The van der Waals surface area contributed by atoms with Gasteiger partial charge in [0.2, 0.25) is 0 Å². The molecule has 0 heterocycles. The van der Waals surface area contributed by atoms with Gasteiger partial charge in [-0.1, -0.05) is 176 Å². The fourth-order valence-electron chi connectivity index (χ4n) is 11.1. The van der Waals surface area contributed by atoms with E-state index < -0.39 is 0 Å². The second-order valence-electron chi connectivity index (χ2n) is 17.7. The van der Waals surface area contributed by atoms with Crippen LogP contribution in [0.2, 0.25) is 0 Å². The van der Waals surface area contributed by atoms with Crippen molar-refractivity contribution in [1.82, 2.24) is 0 Å². The van der Waals surface area contributed by atoms with Crippen LogP contribution in [0.4, 0.5) is 0 Å². The molecule has 296 valence electrons. The molecule has 1 saturated carbocycles. The lowest BCUT2D eigenvalue weighted by molar-refractivity contribution is -0.118. The highest BCUT2D eigenvalue weighted by atomic mass is 16.5. The fraction of sp³-hybridized carbons (Fsp3) is 0.463. The number of hydrogen-bond donors (Lipinski definition) is 0. The lowest BCUT2D eigenvalue weighted by Gasteiger charge is -2.45. The summed E-state index contributed by atoms with van der Waals surface area (Å²) in [5.41, 5.74) is 10.6. The van der Waals surface area contributed by atoms with Gasteiger partial charge in [-0.3, -0.25) is 4.79 Å². The number of hydrogen-bond acceptors (Lipinski definition) is 3. The second kappa shape index (κ2) is 17.2. The Balaban J connectivity index is 1.15. The summed E-state index contributed by atoms with van der Waals surface area (Å²) in [7, 11) is 0. The number of rotatable bonds is 20. The molecule has 5 aliphatic carbocycles. The molecular weight excluding hydrogens is 697 g/mol. The predicted molar refractivity (Wildman–Crippen MR) is 239 cm³/mol. The molecule has 0 amide bonds. The molecule has 4 aromatic rings. The van der Waals surface area contributed by atoms with Gasteiger partial charge in [0.05, 0.1) is 19.1 Å². The van der Waals surface area contributed by atoms with E-state index in [4.69, 9.17) is 9.47 Å². The fourth-order valence-corrected chi connectivity index (χ4v) is 11.1. The van der Waals surface area contributed by atoms with E-state index in [0.29, 0.717) is 13.2 Å². The zero-order valence-electron chi connectivity index (χ0n) is 34.6. The summed E-state index contributed by atoms with van der Waals surface area (Å²) in [5.74, 6) is 2.22. The summed E-state index contributed by atoms with van der Waals surface area (Å²) in [5, 5.41) is 6.51. The van der Waals surface area contributed by atoms with E-state index >= 15 is 0 Å². The Kier molecular flexibility index (Phi) is 11.5. The van der Waals surface area contributed by atoms with E-state index in [1.807, 2.05) is 6.08 Å². The third kappa shape index (κ3) is 7.23. The van der Waals surface area contributed by atoms with Crippen LogP contribution in [0.15, 0.2) is 84.0 Å². The zero-order chi connectivity index (χ0) is 38.7. The van der Waals surface area contributed by atoms with E-state index in [0.717, 1.165) is 37.2 Å². The van der Waals surface area contributed by atoms with Crippen LogP contribution in [-0.2, 0) is 16.0 Å². The van der Waals surface area contributed by atoms with Gasteiger partial charge in [-0.25, -0.2) is 0 Å². The molecule has 57 heavy (non-hydrogen) atoms. The van der Waals surface area contributed by atoms with Crippen molar-refractivity contribution in [1.29, 1.82) is 0 Å². The number of carbonyl (C=O) groups excluding carboxylic acids is 1. The molecule has 0 N–H and O–H groups in total. The summed E-state index contributed by atoms with van der Waals surface area (Å²) in [4.78, 5) is 13.8. The van der Waals surface area contributed by atoms with Crippen molar-refractivity contribution in [2.45, 2.75) is 135 Å². The van der Waals surface area contributed by atoms with Gasteiger partial charge < -0.3 is 9.47 Å². The minimum absolute atomic E-state index is 0.0350. The van der Waals surface area contributed by atoms with Crippen LogP contribution >= 0.6 is 0 Å². The summed E-state index contributed by atoms with van der Waals surface area (Å²) in [6.07, 6.45) is 35.2. The Labute approximate surface area is 341 Å². The van der Waals surface area contributed by atoms with Gasteiger partial charge >= 0.3 is 0 Å². The summed E-state index contributed by atoms with van der Waals surface area (Å²) < 4.78 is 14.2. The molecule has 0 aliphatic heterocycles. The molecule has 0 radical (unpaired) electrons. The van der Waals surface area contributed by atoms with E-state index in [1.165, 1.54) is 161 Å². The second-order valence-corrected chi connectivity index (χ2v) is 17.7. The Morgan fingerprint density at radius 2 is 1.30 bits per heavy atom. The van der Waals surface area contributed by atoms with Gasteiger partial charge in [-0.05, 0) is 87.7 Å². The predicted octanol–water partition coefficient (Wildman–Crippen LogP) is 13.8. The van der Waals surface area contributed by atoms with E-state index in [-0.39, 0.29) is 23.5 Å². The maximum absolute atomic E-state index is 13.8. The number of carbonyl (C=O) groups is 1. The molecule has 9 rings (SSSR count). The average molecular weight is 759 g/mol. The summed E-state index contributed by atoms with van der Waals surface area (Å²) in [6.45, 7) is 5.97. The molecule has 5 aliphatic rings. The van der Waals surface area contributed by atoms with Gasteiger partial charge in [0.1, 0.15) is 11.5 Å². The largest absolute Gasteiger partial charge is 0.493 e. The Morgan fingerprint density at radius 1 is 0.614 bits per heavy atom. The number of allylic oxidation sites excluding steroid dienone is 7. The first kappa shape index (κ1) is 38.2. The Hall–Kier alpha value is -4.37. The molecule has 0 bridgehead atoms. The smallest absolute Gasteiger partial charge is 0.163 e. The van der Waals surface area contributed by atoms with Crippen LogP contribution in [0, 0.1) is 11.8 Å². The van der Waals surface area contributed by atoms with Crippen LogP contribution in [0.3, 0.4) is 0 Å². The van der Waals surface area contributed by atoms with Crippen LogP contribution in [0.1, 0.15) is 151 Å². The normalized spacial score (nSPS) is 19.7. The molecule has 4 aromatic carbocycles. The van der Waals surface area contributed by atoms with E-state index in [1.54, 1.807) is 6.08 Å². The van der Waals surface area contributed by atoms with Crippen LogP contribution in [0.25, 0.3) is 44.5 Å². The number of unbranched alkanes of at least 4 members (excludes halogenated alkanes) is 14. The first-order valence-electron chi connectivity index (χ1n) is 22.9. The minimum atomic E-state index is -0.141. The standard InChI is InChI=1S/C54H62O3/c1-3-5-7-9-11-13-15-19-30-56-46-34-43-40-24-18-17-22-36(40)32-38-26-28-41-42-29-27-39-33-37-23-21-25-45(55)48(37)44-35-47(57-31-20-16-14-12-10-8-6-4-2)54(52(42)50(39)44)53(46)51(41)49(38)43/h17-18,21-29,34-35,44,48,50H,3-16,19-20,30-33H2,1-2H3. The highest BCUT2D eigenvalue weighted by molar-refractivity contribution is 6.22. The molecule has 0 saturated heterocycles. The lowest BCUT2D eigenvalue weighted by Crippen LogP contribution is -2.40. The third-order valence-corrected chi connectivity index (χ3v) is 13.9. The number of ether oxygens (including phenoxy) is 2. The summed E-state index contributed by atoms with van der Waals surface area (Å²) >= 11 is 0. The lowest BCUT2D eigenvalue weighted by atomic mass is 9.58. The van der Waals surface area contributed by atoms with Crippen molar-refractivity contribution < 1.29 is 14.3 Å². The molecule has 3 heteroatoms. The quantitative estimate of drug-likeness (QED) is 0.0742. The Morgan fingerprint density at radius 3 is 2.05 bits per heavy atom. The molecule has 3 atom stereocenters. The first-order chi connectivity index (χ1) is 28.2. The molecular formula is C54H62O3. The average Bonchev–Trinajstić information content (AvgIpc) is 3.23. The highest BCUT2D eigenvalue weighted by Gasteiger charge is 2.47. The number of ketones is 1. The maximum Gasteiger partial charge on any atom is 0.163 e. The van der Waals surface area contributed by atoms with Gasteiger partial charge in [-0.15, -0.1) is 0 Å². The van der Waals surface area contributed by atoms with Crippen molar-refractivity contribution in [3.8, 4) is 16.9 Å². The van der Waals surface area contributed by atoms with Crippen LogP contribution in [0.5, 0.6) is 5.75 Å². The maximum atomic E-state index is 13.8. The molecule has 0 aromatic heterocycles. The third-order valence-electron chi connectivity index (χ3n) is 13.9. The molecule has 0 spiro atoms. The van der Waals surface area contributed by atoms with Crippen LogP contribution < -0.4 is 9.96 Å². The van der Waals surface area contributed by atoms with Gasteiger partial charge in [0.15, 0.2) is 5.78 Å². The van der Waals surface area contributed by atoms with Gasteiger partial charge in [-0.2, -0.15) is 0 Å². The van der Waals surface area contributed by atoms with Crippen molar-refractivity contribution in [2.75, 3.05) is 13.2 Å².